The Morgan fingerprint density at radius 3 is 2.39 bits per heavy atom. The van der Waals surface area contributed by atoms with Crippen molar-refractivity contribution in [2.24, 2.45) is 11.8 Å². The standard InChI is InChI=1S/C28H20BrN3O6/c1-38-21-11-6-16(14-20(21)29)26(33)25-23-22(24-19-5-3-2-4-15(19)12-13-30(24)25)27(34)31(28(23)35)17-7-9-18(10-8-17)32(36)37/h2-14,22-25H,1H3/t22-,23-,24+,25+/m0/s1. The van der Waals surface area contributed by atoms with Crippen LogP contribution in [0.2, 0.25) is 0 Å². The minimum atomic E-state index is -0.938. The van der Waals surface area contributed by atoms with Crippen molar-refractivity contribution in [3.05, 3.63) is 104 Å². The normalized spacial score (nSPS) is 23.2. The first-order valence-corrected chi connectivity index (χ1v) is 12.7. The maximum absolute atomic E-state index is 14.0. The van der Waals surface area contributed by atoms with Crippen molar-refractivity contribution in [1.29, 1.82) is 0 Å². The molecule has 2 fully saturated rings. The number of carbonyl (C=O) groups is 3. The third-order valence-corrected chi connectivity index (χ3v) is 8.10. The lowest BCUT2D eigenvalue weighted by Crippen LogP contribution is -2.44. The molecule has 3 aliphatic heterocycles. The summed E-state index contributed by atoms with van der Waals surface area (Å²) in [6, 6.07) is 16.4. The molecule has 6 rings (SSSR count). The van der Waals surface area contributed by atoms with E-state index in [1.54, 1.807) is 24.4 Å². The summed E-state index contributed by atoms with van der Waals surface area (Å²) in [7, 11) is 1.53. The number of halogens is 1. The van der Waals surface area contributed by atoms with Crippen LogP contribution in [-0.4, -0.2) is 40.6 Å². The second kappa shape index (κ2) is 8.91. The van der Waals surface area contributed by atoms with Gasteiger partial charge in [-0.3, -0.25) is 24.5 Å². The number of ether oxygens (including phenoxy) is 1. The molecule has 4 atom stereocenters. The molecule has 0 radical (unpaired) electrons. The summed E-state index contributed by atoms with van der Waals surface area (Å²) in [6.07, 6.45) is 3.68. The van der Waals surface area contributed by atoms with Crippen LogP contribution in [-0.2, 0) is 9.59 Å². The molecule has 3 heterocycles. The summed E-state index contributed by atoms with van der Waals surface area (Å²) in [6.45, 7) is 0. The highest BCUT2D eigenvalue weighted by atomic mass is 79.9. The van der Waals surface area contributed by atoms with Gasteiger partial charge in [0.15, 0.2) is 5.78 Å². The van der Waals surface area contributed by atoms with Crippen molar-refractivity contribution in [3.63, 3.8) is 0 Å². The number of nitro groups is 1. The number of ketones is 1. The largest absolute Gasteiger partial charge is 0.496 e. The van der Waals surface area contributed by atoms with Gasteiger partial charge in [-0.15, -0.1) is 0 Å². The van der Waals surface area contributed by atoms with Crippen molar-refractivity contribution in [1.82, 2.24) is 4.90 Å². The quantitative estimate of drug-likeness (QED) is 0.187. The Labute approximate surface area is 225 Å². The van der Waals surface area contributed by atoms with E-state index >= 15 is 0 Å². The summed E-state index contributed by atoms with van der Waals surface area (Å²) in [5, 5.41) is 11.1. The third kappa shape index (κ3) is 3.47. The Bertz CT molecular complexity index is 1550. The number of rotatable bonds is 5. The molecule has 0 saturated carbocycles. The van der Waals surface area contributed by atoms with Gasteiger partial charge in [-0.25, -0.2) is 4.90 Å². The van der Waals surface area contributed by atoms with Crippen LogP contribution >= 0.6 is 15.9 Å². The highest BCUT2D eigenvalue weighted by molar-refractivity contribution is 9.10. The predicted molar refractivity (Wildman–Crippen MR) is 141 cm³/mol. The number of anilines is 1. The fourth-order valence-electron chi connectivity index (χ4n) is 5.83. The van der Waals surface area contributed by atoms with Gasteiger partial charge in [0.25, 0.3) is 5.69 Å². The highest BCUT2D eigenvalue weighted by Crippen LogP contribution is 2.53. The van der Waals surface area contributed by atoms with Gasteiger partial charge in [-0.05, 0) is 63.5 Å². The van der Waals surface area contributed by atoms with E-state index in [-0.39, 0.29) is 17.2 Å². The number of hydrogen-bond acceptors (Lipinski definition) is 7. The van der Waals surface area contributed by atoms with Crippen LogP contribution < -0.4 is 9.64 Å². The molecule has 0 aliphatic carbocycles. The lowest BCUT2D eigenvalue weighted by molar-refractivity contribution is -0.384. The zero-order valence-corrected chi connectivity index (χ0v) is 21.6. The van der Waals surface area contributed by atoms with Crippen molar-refractivity contribution in [3.8, 4) is 5.75 Å². The Morgan fingerprint density at radius 1 is 1.00 bits per heavy atom. The Balaban J connectivity index is 1.46. The first kappa shape index (κ1) is 24.1. The van der Waals surface area contributed by atoms with Crippen molar-refractivity contribution < 1.29 is 24.0 Å². The molecule has 0 bridgehead atoms. The number of imide groups is 1. The van der Waals surface area contributed by atoms with Crippen LogP contribution in [0, 0.1) is 22.0 Å². The molecule has 38 heavy (non-hydrogen) atoms. The molecule has 3 aliphatic rings. The zero-order chi connectivity index (χ0) is 26.7. The SMILES string of the molecule is COc1ccc(C(=O)[C@H]2[C@H]3C(=O)N(c4ccc([N+](=O)[O-])cc4)C(=O)[C@@H]3[C@H]3c4ccccc4C=CN32)cc1Br. The van der Waals surface area contributed by atoms with E-state index in [2.05, 4.69) is 15.9 Å². The van der Waals surface area contributed by atoms with Crippen LogP contribution in [0.5, 0.6) is 5.75 Å². The summed E-state index contributed by atoms with van der Waals surface area (Å²) < 4.78 is 5.88. The Hall–Kier alpha value is -4.31. The number of carbonyl (C=O) groups excluding carboxylic acids is 3. The average Bonchev–Trinajstić information content (AvgIpc) is 3.40. The van der Waals surface area contributed by atoms with Crippen LogP contribution in [0.15, 0.2) is 77.4 Å². The molecule has 0 unspecified atom stereocenters. The fourth-order valence-corrected chi connectivity index (χ4v) is 6.37. The summed E-state index contributed by atoms with van der Waals surface area (Å²) in [5.41, 5.74) is 2.25. The number of fused-ring (bicyclic) bond motifs is 5. The van der Waals surface area contributed by atoms with Crippen molar-refractivity contribution in [2.45, 2.75) is 12.1 Å². The topological polar surface area (TPSA) is 110 Å². The van der Waals surface area contributed by atoms with Crippen molar-refractivity contribution >= 4 is 51.0 Å². The van der Waals surface area contributed by atoms with Crippen LogP contribution in [0.3, 0.4) is 0 Å². The minimum Gasteiger partial charge on any atom is -0.496 e. The average molecular weight is 574 g/mol. The molecular weight excluding hydrogens is 554 g/mol. The number of non-ortho nitro benzene ring substituents is 1. The van der Waals surface area contributed by atoms with E-state index in [1.165, 1.54) is 31.4 Å². The lowest BCUT2D eigenvalue weighted by Gasteiger charge is -2.35. The van der Waals surface area contributed by atoms with Gasteiger partial charge in [0.05, 0.1) is 40.1 Å². The number of benzene rings is 3. The van der Waals surface area contributed by atoms with E-state index < -0.39 is 40.7 Å². The lowest BCUT2D eigenvalue weighted by atomic mass is 9.83. The molecule has 10 heteroatoms. The van der Waals surface area contributed by atoms with Crippen molar-refractivity contribution in [2.75, 3.05) is 12.0 Å². The molecule has 2 saturated heterocycles. The molecule has 3 aromatic carbocycles. The highest BCUT2D eigenvalue weighted by Gasteiger charge is 2.64. The predicted octanol–water partition coefficient (Wildman–Crippen LogP) is 4.76. The molecule has 190 valence electrons. The number of methoxy groups -OCH3 is 1. The fraction of sp³-hybridized carbons (Fsp3) is 0.179. The molecule has 0 N–H and O–H groups in total. The number of Topliss-reactive ketones (excluding diaryl/α,β-unsaturated/α-hetero) is 1. The van der Waals surface area contributed by atoms with Gasteiger partial charge in [0.2, 0.25) is 11.8 Å². The first-order chi connectivity index (χ1) is 18.3. The van der Waals surface area contributed by atoms with E-state index in [0.29, 0.717) is 15.8 Å². The second-order valence-corrected chi connectivity index (χ2v) is 10.2. The minimum absolute atomic E-state index is 0.149. The van der Waals surface area contributed by atoms with Gasteiger partial charge in [0.1, 0.15) is 11.8 Å². The van der Waals surface area contributed by atoms with Gasteiger partial charge in [0, 0.05) is 23.9 Å². The van der Waals surface area contributed by atoms with Gasteiger partial charge in [-0.1, -0.05) is 24.3 Å². The molecule has 9 nitrogen and oxygen atoms in total. The Morgan fingerprint density at radius 2 is 1.71 bits per heavy atom. The maximum Gasteiger partial charge on any atom is 0.269 e. The molecule has 3 aromatic rings. The number of hydrogen-bond donors (Lipinski definition) is 0. The van der Waals surface area contributed by atoms with E-state index in [1.807, 2.05) is 35.2 Å². The van der Waals surface area contributed by atoms with E-state index in [4.69, 9.17) is 4.74 Å². The van der Waals surface area contributed by atoms with Crippen LogP contribution in [0.1, 0.15) is 27.5 Å². The summed E-state index contributed by atoms with van der Waals surface area (Å²) >= 11 is 3.43. The first-order valence-electron chi connectivity index (χ1n) is 11.9. The number of nitro benzene ring substituents is 1. The van der Waals surface area contributed by atoms with Crippen LogP contribution in [0.25, 0.3) is 6.08 Å². The van der Waals surface area contributed by atoms with Crippen LogP contribution in [0.4, 0.5) is 11.4 Å². The smallest absolute Gasteiger partial charge is 0.269 e. The summed E-state index contributed by atoms with van der Waals surface area (Å²) in [5.74, 6) is -2.40. The number of amides is 2. The summed E-state index contributed by atoms with van der Waals surface area (Å²) in [4.78, 5) is 55.3. The van der Waals surface area contributed by atoms with Gasteiger partial charge < -0.3 is 9.64 Å². The number of nitrogens with zero attached hydrogens (tertiary/aromatic N) is 3. The molecule has 2 amide bonds. The zero-order valence-electron chi connectivity index (χ0n) is 20.0. The maximum atomic E-state index is 14.0. The third-order valence-electron chi connectivity index (χ3n) is 7.49. The Kier molecular flexibility index (Phi) is 5.64. The van der Waals surface area contributed by atoms with E-state index in [9.17, 15) is 24.5 Å². The van der Waals surface area contributed by atoms with Gasteiger partial charge in [-0.2, -0.15) is 0 Å². The monoisotopic (exact) mass is 573 g/mol. The van der Waals surface area contributed by atoms with Gasteiger partial charge >= 0.3 is 0 Å². The molecule has 0 aromatic heterocycles. The second-order valence-electron chi connectivity index (χ2n) is 9.33. The van der Waals surface area contributed by atoms with E-state index in [0.717, 1.165) is 16.0 Å². The molecule has 0 spiro atoms. The molecular formula is C28H20BrN3O6.